The fourth-order valence-electron chi connectivity index (χ4n) is 2.55. The van der Waals surface area contributed by atoms with Gasteiger partial charge >= 0.3 is 0 Å². The highest BCUT2D eigenvalue weighted by atomic mass is 32.2. The number of amides is 2. The molecule has 5 nitrogen and oxygen atoms in total. The maximum atomic E-state index is 12.6. The van der Waals surface area contributed by atoms with Crippen LogP contribution in [-0.2, 0) is 16.1 Å². The van der Waals surface area contributed by atoms with Crippen LogP contribution in [0.15, 0.2) is 30.3 Å². The molecule has 7 heteroatoms. The Kier molecular flexibility index (Phi) is 7.52. The van der Waals surface area contributed by atoms with Crippen LogP contribution in [-0.4, -0.2) is 51.3 Å². The lowest BCUT2D eigenvalue weighted by atomic mass is 10.2. The highest BCUT2D eigenvalue weighted by Gasteiger charge is 2.19. The molecule has 2 rings (SSSR count). The minimum Gasteiger partial charge on any atom is -0.370 e. The molecule has 1 aromatic carbocycles. The van der Waals surface area contributed by atoms with Gasteiger partial charge in [-0.25, -0.2) is 0 Å². The molecule has 0 aromatic heterocycles. The van der Waals surface area contributed by atoms with Crippen LogP contribution < -0.4 is 5.73 Å². The minimum absolute atomic E-state index is 0.0216. The molecule has 1 aliphatic heterocycles. The highest BCUT2D eigenvalue weighted by Crippen LogP contribution is 2.17. The number of thioether (sulfide) groups is 1. The standard InChI is InChI=1S/C17H23N3O2S2/c18-15(21)8-11-20(12-14-6-2-1-3-7-14)16(22)13-24-17(23)19-9-4-5-10-19/h1-3,6-7H,4-5,8-13H2,(H2,18,21). The molecule has 1 aromatic rings. The van der Waals surface area contributed by atoms with Crippen molar-refractivity contribution in [2.24, 2.45) is 5.73 Å². The maximum Gasteiger partial charge on any atom is 0.233 e. The zero-order valence-electron chi connectivity index (χ0n) is 13.6. The van der Waals surface area contributed by atoms with Crippen LogP contribution in [0, 0.1) is 0 Å². The number of rotatable bonds is 7. The molecule has 0 unspecified atom stereocenters. The maximum absolute atomic E-state index is 12.6. The van der Waals surface area contributed by atoms with Crippen molar-refractivity contribution in [2.45, 2.75) is 25.8 Å². The van der Waals surface area contributed by atoms with Gasteiger partial charge < -0.3 is 15.5 Å². The molecule has 0 atom stereocenters. The van der Waals surface area contributed by atoms with Crippen molar-refractivity contribution in [2.75, 3.05) is 25.4 Å². The smallest absolute Gasteiger partial charge is 0.233 e. The predicted octanol–water partition coefficient (Wildman–Crippen LogP) is 2.00. The van der Waals surface area contributed by atoms with Crippen molar-refractivity contribution in [3.05, 3.63) is 35.9 Å². The second kappa shape index (κ2) is 9.64. The number of primary amides is 1. The largest absolute Gasteiger partial charge is 0.370 e. The van der Waals surface area contributed by atoms with Crippen molar-refractivity contribution in [3.8, 4) is 0 Å². The number of hydrogen-bond donors (Lipinski definition) is 1. The van der Waals surface area contributed by atoms with Crippen LogP contribution in [0.4, 0.5) is 0 Å². The monoisotopic (exact) mass is 365 g/mol. The highest BCUT2D eigenvalue weighted by molar-refractivity contribution is 8.23. The van der Waals surface area contributed by atoms with E-state index in [1.165, 1.54) is 11.8 Å². The minimum atomic E-state index is -0.402. The van der Waals surface area contributed by atoms with E-state index in [4.69, 9.17) is 18.0 Å². The number of carbonyl (C=O) groups excluding carboxylic acids is 2. The summed E-state index contributed by atoms with van der Waals surface area (Å²) in [4.78, 5) is 27.5. The zero-order valence-corrected chi connectivity index (χ0v) is 15.3. The second-order valence-corrected chi connectivity index (χ2v) is 7.38. The quantitative estimate of drug-likeness (QED) is 0.749. The molecule has 0 radical (unpaired) electrons. The van der Waals surface area contributed by atoms with Gasteiger partial charge in [0, 0.05) is 32.6 Å². The molecule has 1 heterocycles. The molecule has 0 bridgehead atoms. The molecule has 130 valence electrons. The number of benzene rings is 1. The third-order valence-electron chi connectivity index (χ3n) is 3.88. The van der Waals surface area contributed by atoms with E-state index in [-0.39, 0.29) is 12.3 Å². The lowest BCUT2D eigenvalue weighted by Gasteiger charge is -2.23. The van der Waals surface area contributed by atoms with Gasteiger partial charge in [-0.2, -0.15) is 0 Å². The van der Waals surface area contributed by atoms with Crippen molar-refractivity contribution in [1.82, 2.24) is 9.80 Å². The average Bonchev–Trinajstić information content (AvgIpc) is 3.11. The Bertz CT molecular complexity index is 574. The summed E-state index contributed by atoms with van der Waals surface area (Å²) in [5, 5.41) is 0. The molecule has 1 aliphatic rings. The lowest BCUT2D eigenvalue weighted by molar-refractivity contribution is -0.129. The summed E-state index contributed by atoms with van der Waals surface area (Å²) in [5.74, 6) is -0.131. The van der Waals surface area contributed by atoms with E-state index in [9.17, 15) is 9.59 Å². The van der Waals surface area contributed by atoms with E-state index < -0.39 is 5.91 Å². The number of hydrogen-bond acceptors (Lipinski definition) is 4. The van der Waals surface area contributed by atoms with E-state index >= 15 is 0 Å². The Morgan fingerprint density at radius 2 is 1.88 bits per heavy atom. The number of thiocarbonyl (C=S) groups is 1. The van der Waals surface area contributed by atoms with Crippen LogP contribution in [0.1, 0.15) is 24.8 Å². The SMILES string of the molecule is NC(=O)CCN(Cc1ccccc1)C(=O)CSC(=S)N1CCCC1. The third-order valence-corrected chi connectivity index (χ3v) is 5.39. The number of nitrogens with two attached hydrogens (primary N) is 1. The van der Waals surface area contributed by atoms with E-state index in [0.717, 1.165) is 35.8 Å². The van der Waals surface area contributed by atoms with Crippen LogP contribution in [0.2, 0.25) is 0 Å². The van der Waals surface area contributed by atoms with Gasteiger partial charge in [-0.05, 0) is 18.4 Å². The summed E-state index contributed by atoms with van der Waals surface area (Å²) in [7, 11) is 0. The Labute approximate surface area is 152 Å². The van der Waals surface area contributed by atoms with Crippen molar-refractivity contribution in [1.29, 1.82) is 0 Å². The second-order valence-electron chi connectivity index (χ2n) is 5.77. The third kappa shape index (κ3) is 6.13. The van der Waals surface area contributed by atoms with Gasteiger partial charge in [0.2, 0.25) is 11.8 Å². The molecule has 1 fully saturated rings. The van der Waals surface area contributed by atoms with Crippen molar-refractivity contribution < 1.29 is 9.59 Å². The Morgan fingerprint density at radius 1 is 1.21 bits per heavy atom. The van der Waals surface area contributed by atoms with E-state index in [2.05, 4.69) is 4.90 Å². The Balaban J connectivity index is 1.90. The molecule has 1 saturated heterocycles. The molecular weight excluding hydrogens is 342 g/mol. The number of likely N-dealkylation sites (tertiary alicyclic amines) is 1. The predicted molar refractivity (Wildman–Crippen MR) is 102 cm³/mol. The molecule has 0 saturated carbocycles. The van der Waals surface area contributed by atoms with Gasteiger partial charge in [-0.3, -0.25) is 9.59 Å². The molecule has 0 spiro atoms. The fourth-order valence-corrected chi connectivity index (χ4v) is 3.70. The van der Waals surface area contributed by atoms with Crippen molar-refractivity contribution >= 4 is 40.1 Å². The molecule has 2 N–H and O–H groups in total. The van der Waals surface area contributed by atoms with Gasteiger partial charge in [0.1, 0.15) is 4.32 Å². The van der Waals surface area contributed by atoms with E-state index in [1.807, 2.05) is 30.3 Å². The van der Waals surface area contributed by atoms with Crippen LogP contribution in [0.5, 0.6) is 0 Å². The van der Waals surface area contributed by atoms with Crippen LogP contribution in [0.3, 0.4) is 0 Å². The average molecular weight is 366 g/mol. The lowest BCUT2D eigenvalue weighted by Crippen LogP contribution is -2.35. The molecule has 0 aliphatic carbocycles. The first-order chi connectivity index (χ1) is 11.6. The van der Waals surface area contributed by atoms with Gasteiger partial charge in [0.25, 0.3) is 0 Å². The fraction of sp³-hybridized carbons (Fsp3) is 0.471. The first kappa shape index (κ1) is 18.7. The normalized spacial score (nSPS) is 13.8. The summed E-state index contributed by atoms with van der Waals surface area (Å²) in [6, 6.07) is 9.73. The number of nitrogens with zero attached hydrogens (tertiary/aromatic N) is 2. The summed E-state index contributed by atoms with van der Waals surface area (Å²) in [6.45, 7) is 2.77. The topological polar surface area (TPSA) is 66.6 Å². The Morgan fingerprint density at radius 3 is 2.50 bits per heavy atom. The Hall–Kier alpha value is -1.60. The van der Waals surface area contributed by atoms with E-state index in [1.54, 1.807) is 4.90 Å². The summed E-state index contributed by atoms with van der Waals surface area (Å²) in [6.07, 6.45) is 2.49. The number of carbonyl (C=O) groups is 2. The molecule has 2 amide bonds. The van der Waals surface area contributed by atoms with Gasteiger partial charge in [-0.1, -0.05) is 54.3 Å². The van der Waals surface area contributed by atoms with Crippen molar-refractivity contribution in [3.63, 3.8) is 0 Å². The zero-order chi connectivity index (χ0) is 17.4. The summed E-state index contributed by atoms with van der Waals surface area (Å²) < 4.78 is 0.787. The van der Waals surface area contributed by atoms with Gasteiger partial charge in [-0.15, -0.1) is 0 Å². The first-order valence-corrected chi connectivity index (χ1v) is 9.47. The van der Waals surface area contributed by atoms with Crippen LogP contribution in [0.25, 0.3) is 0 Å². The van der Waals surface area contributed by atoms with Crippen LogP contribution >= 0.6 is 24.0 Å². The molecule has 24 heavy (non-hydrogen) atoms. The van der Waals surface area contributed by atoms with E-state index in [0.29, 0.717) is 18.8 Å². The molecular formula is C17H23N3O2S2. The van der Waals surface area contributed by atoms with Gasteiger partial charge in [0.15, 0.2) is 0 Å². The van der Waals surface area contributed by atoms with Gasteiger partial charge in [0.05, 0.1) is 5.75 Å². The summed E-state index contributed by atoms with van der Waals surface area (Å²) >= 11 is 6.80. The first-order valence-electron chi connectivity index (χ1n) is 8.08. The summed E-state index contributed by atoms with van der Waals surface area (Å²) in [5.41, 5.74) is 6.26.